The number of nitrogens with zero attached hydrogens (tertiary/aromatic N) is 1. The van der Waals surface area contributed by atoms with Gasteiger partial charge in [-0.1, -0.05) is 60.5 Å². The van der Waals surface area contributed by atoms with E-state index < -0.39 is 6.04 Å². The first kappa shape index (κ1) is 24.6. The van der Waals surface area contributed by atoms with Crippen LogP contribution in [0.15, 0.2) is 48.5 Å². The van der Waals surface area contributed by atoms with Crippen molar-refractivity contribution in [3.05, 3.63) is 69.7 Å². The van der Waals surface area contributed by atoms with Gasteiger partial charge in [0.15, 0.2) is 0 Å². The molecule has 1 N–H and O–H groups in total. The van der Waals surface area contributed by atoms with E-state index in [0.717, 1.165) is 17.5 Å². The van der Waals surface area contributed by atoms with E-state index in [1.165, 1.54) is 11.8 Å². The van der Waals surface area contributed by atoms with Gasteiger partial charge in [0.25, 0.3) is 0 Å². The summed E-state index contributed by atoms with van der Waals surface area (Å²) in [6.07, 6.45) is 0.827. The number of carbonyl (C=O) groups is 2. The van der Waals surface area contributed by atoms with Crippen molar-refractivity contribution in [1.29, 1.82) is 0 Å². The van der Waals surface area contributed by atoms with Crippen LogP contribution in [-0.4, -0.2) is 34.6 Å². The van der Waals surface area contributed by atoms with E-state index in [1.807, 2.05) is 56.3 Å². The van der Waals surface area contributed by atoms with Gasteiger partial charge < -0.3 is 10.2 Å². The molecule has 2 amide bonds. The molecule has 0 bridgehead atoms. The summed E-state index contributed by atoms with van der Waals surface area (Å²) in [5.74, 6) is 0.706. The first-order valence-electron chi connectivity index (χ1n) is 9.97. The standard InChI is InChI=1S/C23H28Cl2N2O2S/c1-4-16(2)26-23(29)17(3)27(13-19-7-5-6-8-21(19)25)22(28)15-30-14-18-9-11-20(24)12-10-18/h5-12,16-17H,4,13-15H2,1-3H3,(H,26,29). The molecular weight excluding hydrogens is 439 g/mol. The van der Waals surface area contributed by atoms with Gasteiger partial charge in [0.05, 0.1) is 5.75 Å². The van der Waals surface area contributed by atoms with Crippen molar-refractivity contribution in [1.82, 2.24) is 10.2 Å². The molecule has 0 spiro atoms. The van der Waals surface area contributed by atoms with Gasteiger partial charge in [0.2, 0.25) is 11.8 Å². The average Bonchev–Trinajstić information content (AvgIpc) is 2.73. The number of benzene rings is 2. The zero-order valence-corrected chi connectivity index (χ0v) is 19.9. The predicted molar refractivity (Wildman–Crippen MR) is 127 cm³/mol. The zero-order valence-electron chi connectivity index (χ0n) is 17.5. The fourth-order valence-electron chi connectivity index (χ4n) is 2.78. The average molecular weight is 467 g/mol. The third-order valence-corrected chi connectivity index (χ3v) is 6.48. The minimum Gasteiger partial charge on any atom is -0.352 e. The van der Waals surface area contributed by atoms with Gasteiger partial charge in [0, 0.05) is 28.4 Å². The molecule has 0 aromatic heterocycles. The van der Waals surface area contributed by atoms with E-state index in [1.54, 1.807) is 17.9 Å². The third kappa shape index (κ3) is 7.53. The number of hydrogen-bond donors (Lipinski definition) is 1. The molecule has 4 nitrogen and oxygen atoms in total. The quantitative estimate of drug-likeness (QED) is 0.498. The summed E-state index contributed by atoms with van der Waals surface area (Å²) in [5.41, 5.74) is 1.91. The molecule has 0 fully saturated rings. The maximum Gasteiger partial charge on any atom is 0.242 e. The summed E-state index contributed by atoms with van der Waals surface area (Å²) in [4.78, 5) is 27.4. The summed E-state index contributed by atoms with van der Waals surface area (Å²) in [6.45, 7) is 6.01. The monoisotopic (exact) mass is 466 g/mol. The van der Waals surface area contributed by atoms with Crippen LogP contribution in [0.2, 0.25) is 10.0 Å². The normalized spacial score (nSPS) is 12.8. The lowest BCUT2D eigenvalue weighted by Crippen LogP contribution is -2.50. The fourth-order valence-corrected chi connectivity index (χ4v) is 3.97. The first-order chi connectivity index (χ1) is 14.3. The summed E-state index contributed by atoms with van der Waals surface area (Å²) in [6, 6.07) is 14.4. The van der Waals surface area contributed by atoms with Gasteiger partial charge in [-0.05, 0) is 49.6 Å². The number of thioether (sulfide) groups is 1. The molecule has 2 aromatic rings. The molecule has 0 heterocycles. The first-order valence-corrected chi connectivity index (χ1v) is 11.9. The predicted octanol–water partition coefficient (Wildman–Crippen LogP) is 5.56. The molecule has 2 atom stereocenters. The van der Waals surface area contributed by atoms with Crippen molar-refractivity contribution in [2.45, 2.75) is 51.6 Å². The van der Waals surface area contributed by atoms with E-state index in [-0.39, 0.29) is 30.2 Å². The van der Waals surface area contributed by atoms with Crippen molar-refractivity contribution < 1.29 is 9.59 Å². The number of carbonyl (C=O) groups excluding carboxylic acids is 2. The van der Waals surface area contributed by atoms with Crippen LogP contribution in [0.4, 0.5) is 0 Å². The Morgan fingerprint density at radius 1 is 1.07 bits per heavy atom. The van der Waals surface area contributed by atoms with Crippen molar-refractivity contribution in [2.75, 3.05) is 5.75 Å². The maximum absolute atomic E-state index is 13.1. The minimum absolute atomic E-state index is 0.0523. The van der Waals surface area contributed by atoms with Gasteiger partial charge >= 0.3 is 0 Å². The van der Waals surface area contributed by atoms with Crippen LogP contribution >= 0.6 is 35.0 Å². The van der Waals surface area contributed by atoms with Crippen LogP contribution in [0.25, 0.3) is 0 Å². The zero-order chi connectivity index (χ0) is 22.1. The Morgan fingerprint density at radius 3 is 2.37 bits per heavy atom. The second kappa shape index (κ2) is 12.2. The molecule has 30 heavy (non-hydrogen) atoms. The molecule has 0 aliphatic rings. The van der Waals surface area contributed by atoms with Crippen molar-refractivity contribution in [2.24, 2.45) is 0 Å². The molecule has 2 aromatic carbocycles. The highest BCUT2D eigenvalue weighted by Gasteiger charge is 2.27. The lowest BCUT2D eigenvalue weighted by molar-refractivity contribution is -0.138. The third-order valence-electron chi connectivity index (χ3n) is 4.87. The van der Waals surface area contributed by atoms with Crippen molar-refractivity contribution in [3.8, 4) is 0 Å². The lowest BCUT2D eigenvalue weighted by Gasteiger charge is -2.30. The highest BCUT2D eigenvalue weighted by atomic mass is 35.5. The maximum atomic E-state index is 13.1. The molecule has 0 saturated carbocycles. The van der Waals surface area contributed by atoms with Crippen LogP contribution in [0, 0.1) is 0 Å². The summed E-state index contributed by atoms with van der Waals surface area (Å²) in [7, 11) is 0. The molecule has 0 aliphatic heterocycles. The van der Waals surface area contributed by atoms with E-state index in [4.69, 9.17) is 23.2 Å². The summed E-state index contributed by atoms with van der Waals surface area (Å²) >= 11 is 13.7. The summed E-state index contributed by atoms with van der Waals surface area (Å²) < 4.78 is 0. The number of hydrogen-bond acceptors (Lipinski definition) is 3. The Balaban J connectivity index is 2.08. The summed E-state index contributed by atoms with van der Waals surface area (Å²) in [5, 5.41) is 4.24. The highest BCUT2D eigenvalue weighted by Crippen LogP contribution is 2.21. The second-order valence-corrected chi connectivity index (χ2v) is 9.06. The van der Waals surface area contributed by atoms with E-state index in [2.05, 4.69) is 5.32 Å². The molecule has 7 heteroatoms. The molecule has 2 rings (SSSR count). The highest BCUT2D eigenvalue weighted by molar-refractivity contribution is 7.99. The second-order valence-electron chi connectivity index (χ2n) is 7.23. The Labute approximate surface area is 193 Å². The fraction of sp³-hybridized carbons (Fsp3) is 0.391. The Morgan fingerprint density at radius 2 is 1.73 bits per heavy atom. The topological polar surface area (TPSA) is 49.4 Å². The van der Waals surface area contributed by atoms with Crippen LogP contribution in [0.5, 0.6) is 0 Å². The SMILES string of the molecule is CCC(C)NC(=O)C(C)N(Cc1ccccc1Cl)C(=O)CSCc1ccc(Cl)cc1. The van der Waals surface area contributed by atoms with Gasteiger partial charge in [0.1, 0.15) is 6.04 Å². The van der Waals surface area contributed by atoms with Crippen LogP contribution in [-0.2, 0) is 21.9 Å². The van der Waals surface area contributed by atoms with Crippen molar-refractivity contribution in [3.63, 3.8) is 0 Å². The van der Waals surface area contributed by atoms with E-state index in [9.17, 15) is 9.59 Å². The number of amides is 2. The van der Waals surface area contributed by atoms with Crippen LogP contribution in [0.1, 0.15) is 38.3 Å². The van der Waals surface area contributed by atoms with Gasteiger partial charge in [-0.25, -0.2) is 0 Å². The van der Waals surface area contributed by atoms with Gasteiger partial charge in [-0.3, -0.25) is 9.59 Å². The molecular formula is C23H28Cl2N2O2S. The lowest BCUT2D eigenvalue weighted by atomic mass is 10.1. The van der Waals surface area contributed by atoms with Crippen molar-refractivity contribution >= 4 is 46.8 Å². The molecule has 0 saturated heterocycles. The Hall–Kier alpha value is -1.69. The van der Waals surface area contributed by atoms with Crippen LogP contribution < -0.4 is 5.32 Å². The minimum atomic E-state index is -0.598. The Kier molecular flexibility index (Phi) is 10.0. The Bertz CT molecular complexity index is 845. The molecule has 0 radical (unpaired) electrons. The van der Waals surface area contributed by atoms with Gasteiger partial charge in [-0.15, -0.1) is 11.8 Å². The number of halogens is 2. The molecule has 0 aliphatic carbocycles. The largest absolute Gasteiger partial charge is 0.352 e. The smallest absolute Gasteiger partial charge is 0.242 e. The molecule has 162 valence electrons. The number of rotatable bonds is 10. The van der Waals surface area contributed by atoms with Gasteiger partial charge in [-0.2, -0.15) is 0 Å². The molecule has 2 unspecified atom stereocenters. The van der Waals surface area contributed by atoms with E-state index >= 15 is 0 Å². The number of nitrogens with one attached hydrogen (secondary N) is 1. The van der Waals surface area contributed by atoms with Crippen LogP contribution in [0.3, 0.4) is 0 Å². The van der Waals surface area contributed by atoms with E-state index in [0.29, 0.717) is 15.8 Å².